The fraction of sp³-hybridized carbons (Fsp3) is 0.958. The standard InChI is InChI=1S/C24H40O3/c1-15(7-12-22(26)27)18-10-11-19-17-9-8-16-6-4-5-13-23(16,2)20(17)14-21(25)24(18,19)3/h15-21,25H,4-14H2,1-3H3,(H,26,27)/t15-,16?,17+,18-,19+,20+,21-,23+,24-/m1/s1. The summed E-state index contributed by atoms with van der Waals surface area (Å²) in [6.07, 6.45) is 12.6. The molecule has 0 aromatic rings. The van der Waals surface area contributed by atoms with Gasteiger partial charge in [-0.2, -0.15) is 0 Å². The third-order valence-corrected chi connectivity index (χ3v) is 10.3. The van der Waals surface area contributed by atoms with Crippen molar-refractivity contribution in [1.82, 2.24) is 0 Å². The summed E-state index contributed by atoms with van der Waals surface area (Å²) in [5, 5.41) is 20.6. The largest absolute Gasteiger partial charge is 0.481 e. The third-order valence-electron chi connectivity index (χ3n) is 10.3. The van der Waals surface area contributed by atoms with Crippen molar-refractivity contribution in [2.45, 2.75) is 97.5 Å². The summed E-state index contributed by atoms with van der Waals surface area (Å²) in [7, 11) is 0. The Morgan fingerprint density at radius 1 is 1.07 bits per heavy atom. The van der Waals surface area contributed by atoms with Gasteiger partial charge in [0.2, 0.25) is 0 Å². The Morgan fingerprint density at radius 3 is 2.59 bits per heavy atom. The minimum Gasteiger partial charge on any atom is -0.481 e. The Kier molecular flexibility index (Phi) is 5.15. The maximum atomic E-state index is 11.5. The number of carboxylic acids is 1. The van der Waals surface area contributed by atoms with Gasteiger partial charge in [-0.05, 0) is 97.7 Å². The van der Waals surface area contributed by atoms with E-state index in [0.29, 0.717) is 29.1 Å². The van der Waals surface area contributed by atoms with E-state index < -0.39 is 5.97 Å². The molecule has 4 fully saturated rings. The quantitative estimate of drug-likeness (QED) is 0.680. The second-order valence-electron chi connectivity index (χ2n) is 11.1. The van der Waals surface area contributed by atoms with E-state index in [4.69, 9.17) is 5.11 Å². The minimum absolute atomic E-state index is 0.00303. The summed E-state index contributed by atoms with van der Waals surface area (Å²) >= 11 is 0. The molecule has 0 bridgehead atoms. The number of carbonyl (C=O) groups is 1. The summed E-state index contributed by atoms with van der Waals surface area (Å²) in [6.45, 7) is 7.16. The van der Waals surface area contributed by atoms with Crippen LogP contribution in [-0.4, -0.2) is 22.3 Å². The van der Waals surface area contributed by atoms with E-state index >= 15 is 0 Å². The molecule has 4 aliphatic carbocycles. The topological polar surface area (TPSA) is 57.5 Å². The van der Waals surface area contributed by atoms with Gasteiger partial charge in [-0.1, -0.05) is 33.6 Å². The van der Waals surface area contributed by atoms with Crippen molar-refractivity contribution in [3.8, 4) is 0 Å². The Hall–Kier alpha value is -0.570. The highest BCUT2D eigenvalue weighted by Crippen LogP contribution is 2.68. The number of rotatable bonds is 4. The van der Waals surface area contributed by atoms with E-state index in [0.717, 1.165) is 24.7 Å². The monoisotopic (exact) mass is 376 g/mol. The maximum absolute atomic E-state index is 11.5. The average Bonchev–Trinajstić information content (AvgIpc) is 2.99. The van der Waals surface area contributed by atoms with Crippen LogP contribution in [0.2, 0.25) is 0 Å². The van der Waals surface area contributed by atoms with Crippen molar-refractivity contribution in [3.05, 3.63) is 0 Å². The van der Waals surface area contributed by atoms with Gasteiger partial charge in [0, 0.05) is 6.42 Å². The Balaban J connectivity index is 1.57. The van der Waals surface area contributed by atoms with Crippen LogP contribution < -0.4 is 0 Å². The van der Waals surface area contributed by atoms with Crippen LogP contribution in [0, 0.1) is 46.3 Å². The molecule has 0 radical (unpaired) electrons. The van der Waals surface area contributed by atoms with Crippen LogP contribution in [0.4, 0.5) is 0 Å². The highest BCUT2D eigenvalue weighted by Gasteiger charge is 2.63. The van der Waals surface area contributed by atoms with Gasteiger partial charge in [0.15, 0.2) is 0 Å². The molecular weight excluding hydrogens is 336 g/mol. The van der Waals surface area contributed by atoms with Crippen molar-refractivity contribution in [1.29, 1.82) is 0 Å². The molecule has 9 atom stereocenters. The lowest BCUT2D eigenvalue weighted by Crippen LogP contribution is -2.58. The fourth-order valence-corrected chi connectivity index (χ4v) is 8.77. The van der Waals surface area contributed by atoms with E-state index in [-0.39, 0.29) is 17.9 Å². The first kappa shape index (κ1) is 19.7. The molecule has 0 spiro atoms. The zero-order valence-electron chi connectivity index (χ0n) is 17.6. The number of aliphatic hydroxyl groups is 1. The lowest BCUT2D eigenvalue weighted by atomic mass is 9.44. The van der Waals surface area contributed by atoms with Crippen molar-refractivity contribution in [2.75, 3.05) is 0 Å². The number of carboxylic acid groups (broad SMARTS) is 1. The highest BCUT2D eigenvalue weighted by molar-refractivity contribution is 5.66. The lowest BCUT2D eigenvalue weighted by Gasteiger charge is -2.62. The van der Waals surface area contributed by atoms with Crippen LogP contribution in [0.3, 0.4) is 0 Å². The molecular formula is C24H40O3. The third kappa shape index (κ3) is 2.98. The van der Waals surface area contributed by atoms with Gasteiger partial charge >= 0.3 is 5.97 Å². The van der Waals surface area contributed by atoms with Crippen LogP contribution in [-0.2, 0) is 4.79 Å². The normalized spacial score (nSPS) is 50.4. The molecule has 3 heteroatoms. The first-order chi connectivity index (χ1) is 12.8. The van der Waals surface area contributed by atoms with E-state index in [1.165, 1.54) is 51.4 Å². The SMILES string of the molecule is C[C@H](CCC(=O)O)[C@H]1CC[C@H]2[C@@H]3CCC4CCCC[C@]4(C)[C@H]3C[C@@H](O)[C@]12C. The van der Waals surface area contributed by atoms with Gasteiger partial charge in [0.25, 0.3) is 0 Å². The van der Waals surface area contributed by atoms with Crippen molar-refractivity contribution >= 4 is 5.97 Å². The summed E-state index contributed by atoms with van der Waals surface area (Å²) in [5.74, 6) is 3.21. The molecule has 0 amide bonds. The molecule has 3 nitrogen and oxygen atoms in total. The first-order valence-electron chi connectivity index (χ1n) is 11.7. The number of aliphatic carboxylic acids is 1. The summed E-state index contributed by atoms with van der Waals surface area (Å²) < 4.78 is 0. The molecule has 4 saturated carbocycles. The molecule has 0 aliphatic heterocycles. The predicted octanol–water partition coefficient (Wildman–Crippen LogP) is 5.51. The Morgan fingerprint density at radius 2 is 1.85 bits per heavy atom. The van der Waals surface area contributed by atoms with Crippen LogP contribution in [0.25, 0.3) is 0 Å². The summed E-state index contributed by atoms with van der Waals surface area (Å²) in [5.41, 5.74) is 0.452. The van der Waals surface area contributed by atoms with Gasteiger partial charge < -0.3 is 10.2 Å². The summed E-state index contributed by atoms with van der Waals surface area (Å²) in [6, 6.07) is 0. The average molecular weight is 377 g/mol. The molecule has 27 heavy (non-hydrogen) atoms. The van der Waals surface area contributed by atoms with Crippen LogP contribution in [0.1, 0.15) is 91.4 Å². The van der Waals surface area contributed by atoms with Crippen LogP contribution in [0.15, 0.2) is 0 Å². The second-order valence-corrected chi connectivity index (χ2v) is 11.1. The maximum Gasteiger partial charge on any atom is 0.303 e. The molecule has 0 aromatic carbocycles. The van der Waals surface area contributed by atoms with Crippen molar-refractivity contribution in [2.24, 2.45) is 46.3 Å². The van der Waals surface area contributed by atoms with Gasteiger partial charge in [-0.15, -0.1) is 0 Å². The molecule has 1 unspecified atom stereocenters. The van der Waals surface area contributed by atoms with E-state index in [1.807, 2.05) is 0 Å². The number of aliphatic hydroxyl groups excluding tert-OH is 1. The van der Waals surface area contributed by atoms with Crippen LogP contribution in [0.5, 0.6) is 0 Å². The van der Waals surface area contributed by atoms with Gasteiger partial charge in [0.1, 0.15) is 0 Å². The number of fused-ring (bicyclic) bond motifs is 5. The Bertz CT molecular complexity index is 574. The molecule has 4 aliphatic rings. The second kappa shape index (κ2) is 7.04. The molecule has 0 aromatic heterocycles. The minimum atomic E-state index is -0.686. The summed E-state index contributed by atoms with van der Waals surface area (Å²) in [4.78, 5) is 11.1. The Labute approximate surface area is 165 Å². The number of hydrogen-bond donors (Lipinski definition) is 2. The molecule has 154 valence electrons. The highest BCUT2D eigenvalue weighted by atomic mass is 16.4. The molecule has 0 heterocycles. The zero-order chi connectivity index (χ0) is 19.4. The zero-order valence-corrected chi connectivity index (χ0v) is 17.6. The van der Waals surface area contributed by atoms with E-state index in [2.05, 4.69) is 20.8 Å². The fourth-order valence-electron chi connectivity index (χ4n) is 8.77. The first-order valence-corrected chi connectivity index (χ1v) is 11.7. The predicted molar refractivity (Wildman–Crippen MR) is 107 cm³/mol. The van der Waals surface area contributed by atoms with Gasteiger partial charge in [-0.25, -0.2) is 0 Å². The molecule has 4 rings (SSSR count). The molecule has 2 N–H and O–H groups in total. The number of hydrogen-bond acceptors (Lipinski definition) is 2. The van der Waals surface area contributed by atoms with Crippen LogP contribution >= 0.6 is 0 Å². The van der Waals surface area contributed by atoms with E-state index in [9.17, 15) is 9.90 Å². The van der Waals surface area contributed by atoms with E-state index in [1.54, 1.807) is 0 Å². The smallest absolute Gasteiger partial charge is 0.303 e. The molecule has 0 saturated heterocycles. The van der Waals surface area contributed by atoms with Gasteiger partial charge in [0.05, 0.1) is 6.10 Å². The lowest BCUT2D eigenvalue weighted by molar-refractivity contribution is -0.168. The van der Waals surface area contributed by atoms with Gasteiger partial charge in [-0.3, -0.25) is 4.79 Å². The van der Waals surface area contributed by atoms with Crippen molar-refractivity contribution < 1.29 is 15.0 Å². The van der Waals surface area contributed by atoms with Crippen molar-refractivity contribution in [3.63, 3.8) is 0 Å².